The van der Waals surface area contributed by atoms with Crippen molar-refractivity contribution in [3.8, 4) is 0 Å². The maximum atomic E-state index is 13.0. The van der Waals surface area contributed by atoms with Gasteiger partial charge < -0.3 is 5.32 Å². The second kappa shape index (κ2) is 5.34. The summed E-state index contributed by atoms with van der Waals surface area (Å²) in [6, 6.07) is 5.15. The molecule has 1 aliphatic carbocycles. The molecular formula is C17H17ClN4O2. The predicted molar refractivity (Wildman–Crippen MR) is 88.7 cm³/mol. The van der Waals surface area contributed by atoms with E-state index in [-0.39, 0.29) is 11.9 Å². The van der Waals surface area contributed by atoms with Crippen LogP contribution in [0.25, 0.3) is 0 Å². The summed E-state index contributed by atoms with van der Waals surface area (Å²) < 4.78 is 1.74. The molecule has 2 aliphatic rings. The van der Waals surface area contributed by atoms with Gasteiger partial charge in [-0.15, -0.1) is 0 Å². The molecule has 124 valence electrons. The van der Waals surface area contributed by atoms with Gasteiger partial charge in [0, 0.05) is 11.2 Å². The van der Waals surface area contributed by atoms with Crippen molar-refractivity contribution in [3.63, 3.8) is 0 Å². The van der Waals surface area contributed by atoms with Crippen molar-refractivity contribution in [2.24, 2.45) is 0 Å². The van der Waals surface area contributed by atoms with Crippen LogP contribution in [0.5, 0.6) is 0 Å². The molecule has 6 nitrogen and oxygen atoms in total. The zero-order valence-electron chi connectivity index (χ0n) is 13.3. The van der Waals surface area contributed by atoms with E-state index < -0.39 is 5.54 Å². The van der Waals surface area contributed by atoms with Gasteiger partial charge in [0.2, 0.25) is 0 Å². The van der Waals surface area contributed by atoms with Gasteiger partial charge in [0.05, 0.1) is 19.3 Å². The molecule has 3 amide bonds. The molecule has 1 fully saturated rings. The molecule has 1 spiro atoms. The number of amides is 3. The molecule has 1 aliphatic heterocycles. The van der Waals surface area contributed by atoms with Crippen molar-refractivity contribution in [1.29, 1.82) is 0 Å². The number of rotatable bonds is 3. The Balaban J connectivity index is 1.58. The Kier molecular flexibility index (Phi) is 3.38. The number of urea groups is 1. The Morgan fingerprint density at radius 3 is 2.92 bits per heavy atom. The number of nitrogens with zero attached hydrogens (tertiary/aromatic N) is 3. The van der Waals surface area contributed by atoms with Crippen LogP contribution < -0.4 is 5.32 Å². The van der Waals surface area contributed by atoms with Crippen LogP contribution in [0.2, 0.25) is 5.02 Å². The lowest BCUT2D eigenvalue weighted by Gasteiger charge is -2.22. The van der Waals surface area contributed by atoms with E-state index in [1.165, 1.54) is 4.90 Å². The lowest BCUT2D eigenvalue weighted by atomic mass is 9.92. The molecule has 4 rings (SSSR count). The molecule has 0 saturated carbocycles. The van der Waals surface area contributed by atoms with E-state index in [1.807, 2.05) is 25.3 Å². The molecule has 1 aromatic carbocycles. The SMILES string of the molecule is Cc1cnn(CCN2C(=O)N[C@]3(CCc4cc(Cl)ccc43)C2=O)c1. The number of halogens is 1. The molecule has 1 aromatic heterocycles. The summed E-state index contributed by atoms with van der Waals surface area (Å²) in [5.41, 5.74) is 2.01. The van der Waals surface area contributed by atoms with Crippen LogP contribution in [0.4, 0.5) is 4.79 Å². The van der Waals surface area contributed by atoms with E-state index in [9.17, 15) is 9.59 Å². The molecule has 1 N–H and O–H groups in total. The Bertz CT molecular complexity index is 847. The summed E-state index contributed by atoms with van der Waals surface area (Å²) >= 11 is 6.04. The van der Waals surface area contributed by atoms with E-state index in [0.717, 1.165) is 23.1 Å². The summed E-state index contributed by atoms with van der Waals surface area (Å²) in [6.45, 7) is 2.74. The average Bonchev–Trinajstić information content (AvgIpc) is 3.18. The third kappa shape index (κ3) is 2.21. The second-order valence-electron chi connectivity index (χ2n) is 6.37. The van der Waals surface area contributed by atoms with Crippen LogP contribution in [0.3, 0.4) is 0 Å². The number of benzene rings is 1. The standard InChI is InChI=1S/C17H17ClN4O2/c1-11-9-19-21(10-11)6-7-22-15(23)17(20-16(22)24)5-4-12-8-13(18)2-3-14(12)17/h2-3,8-10H,4-7H2,1H3,(H,20,24)/t17-/m0/s1. The quantitative estimate of drug-likeness (QED) is 0.868. The fourth-order valence-corrected chi connectivity index (χ4v) is 3.81. The molecule has 0 radical (unpaired) electrons. The highest BCUT2D eigenvalue weighted by molar-refractivity contribution is 6.30. The predicted octanol–water partition coefficient (Wildman–Crippen LogP) is 2.24. The minimum atomic E-state index is -0.933. The van der Waals surface area contributed by atoms with Gasteiger partial charge in [0.1, 0.15) is 5.54 Å². The number of hydrogen-bond acceptors (Lipinski definition) is 3. The second-order valence-corrected chi connectivity index (χ2v) is 6.81. The summed E-state index contributed by atoms with van der Waals surface area (Å²) in [7, 11) is 0. The van der Waals surface area contributed by atoms with Crippen molar-refractivity contribution < 1.29 is 9.59 Å². The molecule has 2 heterocycles. The average molecular weight is 345 g/mol. The Morgan fingerprint density at radius 2 is 2.17 bits per heavy atom. The molecule has 1 atom stereocenters. The topological polar surface area (TPSA) is 67.2 Å². The lowest BCUT2D eigenvalue weighted by Crippen LogP contribution is -2.42. The molecule has 1 saturated heterocycles. The molecule has 0 bridgehead atoms. The highest BCUT2D eigenvalue weighted by Gasteiger charge is 2.55. The normalized spacial score (nSPS) is 22.3. The maximum absolute atomic E-state index is 13.0. The van der Waals surface area contributed by atoms with E-state index >= 15 is 0 Å². The number of aromatic nitrogens is 2. The summed E-state index contributed by atoms with van der Waals surface area (Å²) in [5.74, 6) is -0.183. The Labute approximate surface area is 144 Å². The van der Waals surface area contributed by atoms with Crippen LogP contribution in [0, 0.1) is 6.92 Å². The number of aryl methyl sites for hydroxylation is 2. The number of hydrogen-bond donors (Lipinski definition) is 1. The van der Waals surface area contributed by atoms with Crippen molar-refractivity contribution >= 4 is 23.5 Å². The maximum Gasteiger partial charge on any atom is 0.325 e. The van der Waals surface area contributed by atoms with Gasteiger partial charge in [-0.3, -0.25) is 14.4 Å². The number of nitrogens with one attached hydrogen (secondary N) is 1. The molecule has 24 heavy (non-hydrogen) atoms. The molecule has 2 aromatic rings. The van der Waals surface area contributed by atoms with Gasteiger partial charge in [-0.25, -0.2) is 4.79 Å². The monoisotopic (exact) mass is 344 g/mol. The summed E-state index contributed by atoms with van der Waals surface area (Å²) in [6.07, 6.45) is 4.95. The van der Waals surface area contributed by atoms with Gasteiger partial charge in [0.15, 0.2) is 0 Å². The summed E-state index contributed by atoms with van der Waals surface area (Å²) in [4.78, 5) is 26.7. The number of carbonyl (C=O) groups is 2. The van der Waals surface area contributed by atoms with Crippen molar-refractivity contribution in [1.82, 2.24) is 20.0 Å². The van der Waals surface area contributed by atoms with Crippen LogP contribution in [0.1, 0.15) is 23.1 Å². The minimum absolute atomic E-state index is 0.183. The smallest absolute Gasteiger partial charge is 0.319 e. The lowest BCUT2D eigenvalue weighted by molar-refractivity contribution is -0.131. The van der Waals surface area contributed by atoms with Crippen LogP contribution in [-0.4, -0.2) is 33.2 Å². The Hall–Kier alpha value is -2.34. The molecule has 0 unspecified atom stereocenters. The Morgan fingerprint density at radius 1 is 1.33 bits per heavy atom. The zero-order valence-corrected chi connectivity index (χ0v) is 14.0. The molecule has 7 heteroatoms. The third-order valence-electron chi connectivity index (χ3n) is 4.79. The first kappa shape index (κ1) is 15.2. The first-order chi connectivity index (χ1) is 11.5. The first-order valence-corrected chi connectivity index (χ1v) is 8.29. The largest absolute Gasteiger partial charge is 0.325 e. The van der Waals surface area contributed by atoms with Gasteiger partial charge >= 0.3 is 6.03 Å². The third-order valence-corrected chi connectivity index (χ3v) is 5.02. The highest BCUT2D eigenvalue weighted by Crippen LogP contribution is 2.42. The van der Waals surface area contributed by atoms with E-state index in [2.05, 4.69) is 10.4 Å². The van der Waals surface area contributed by atoms with Gasteiger partial charge in [-0.05, 0) is 48.6 Å². The first-order valence-electron chi connectivity index (χ1n) is 7.92. The molecular weight excluding hydrogens is 328 g/mol. The number of carbonyl (C=O) groups excluding carboxylic acids is 2. The van der Waals surface area contributed by atoms with Crippen molar-refractivity contribution in [3.05, 3.63) is 52.3 Å². The van der Waals surface area contributed by atoms with Gasteiger partial charge in [-0.1, -0.05) is 17.7 Å². The highest BCUT2D eigenvalue weighted by atomic mass is 35.5. The zero-order chi connectivity index (χ0) is 16.9. The van der Waals surface area contributed by atoms with Crippen LogP contribution >= 0.6 is 11.6 Å². The van der Waals surface area contributed by atoms with Gasteiger partial charge in [0.25, 0.3) is 5.91 Å². The fraction of sp³-hybridized carbons (Fsp3) is 0.353. The van der Waals surface area contributed by atoms with Crippen LogP contribution in [-0.2, 0) is 23.3 Å². The van der Waals surface area contributed by atoms with E-state index in [0.29, 0.717) is 24.5 Å². The van der Waals surface area contributed by atoms with E-state index in [1.54, 1.807) is 16.9 Å². The van der Waals surface area contributed by atoms with Crippen LogP contribution in [0.15, 0.2) is 30.6 Å². The minimum Gasteiger partial charge on any atom is -0.319 e. The van der Waals surface area contributed by atoms with Crippen molar-refractivity contribution in [2.75, 3.05) is 6.54 Å². The fourth-order valence-electron chi connectivity index (χ4n) is 3.62. The van der Waals surface area contributed by atoms with E-state index in [4.69, 9.17) is 11.6 Å². The van der Waals surface area contributed by atoms with Gasteiger partial charge in [-0.2, -0.15) is 5.10 Å². The summed E-state index contributed by atoms with van der Waals surface area (Å²) in [5, 5.41) is 7.75. The van der Waals surface area contributed by atoms with Crippen molar-refractivity contribution in [2.45, 2.75) is 31.8 Å². The number of imide groups is 1. The number of fused-ring (bicyclic) bond motifs is 2.